The molecule has 0 saturated carbocycles. The van der Waals surface area contributed by atoms with E-state index in [1.807, 2.05) is 6.92 Å². The molecule has 4 rings (SSSR count). The van der Waals surface area contributed by atoms with E-state index in [1.165, 1.54) is 17.5 Å². The van der Waals surface area contributed by atoms with Gasteiger partial charge >= 0.3 is 0 Å². The van der Waals surface area contributed by atoms with Crippen molar-refractivity contribution in [1.29, 1.82) is 0 Å². The zero-order valence-electron chi connectivity index (χ0n) is 20.3. The molecule has 2 aliphatic heterocycles. The first kappa shape index (κ1) is 23.9. The molecular weight excluding hydrogens is 416 g/mol. The average molecular weight is 455 g/mol. The van der Waals surface area contributed by atoms with E-state index in [-0.39, 0.29) is 6.04 Å². The number of benzene rings is 1. The molecule has 3 N–H and O–H groups in total. The highest BCUT2D eigenvalue weighted by atomic mass is 16.6. The second kappa shape index (κ2) is 10.8. The summed E-state index contributed by atoms with van der Waals surface area (Å²) in [6, 6.07) is 9.51. The summed E-state index contributed by atoms with van der Waals surface area (Å²) in [5.74, 6) is 1.93. The molecule has 3 atom stereocenters. The van der Waals surface area contributed by atoms with Crippen molar-refractivity contribution in [3.8, 4) is 0 Å². The van der Waals surface area contributed by atoms with Gasteiger partial charge in [-0.25, -0.2) is 4.98 Å². The third-order valence-corrected chi connectivity index (χ3v) is 6.56. The molecule has 2 aromatic rings. The highest BCUT2D eigenvalue weighted by molar-refractivity contribution is 5.51. The zero-order valence-corrected chi connectivity index (χ0v) is 20.3. The van der Waals surface area contributed by atoms with Crippen LogP contribution in [0.25, 0.3) is 0 Å². The first-order valence-electron chi connectivity index (χ1n) is 12.2. The molecule has 1 fully saturated rings. The van der Waals surface area contributed by atoms with Crippen LogP contribution in [0.1, 0.15) is 62.9 Å². The third-order valence-electron chi connectivity index (χ3n) is 6.56. The Morgan fingerprint density at radius 2 is 1.85 bits per heavy atom. The van der Waals surface area contributed by atoms with Gasteiger partial charge in [-0.3, -0.25) is 4.90 Å². The summed E-state index contributed by atoms with van der Waals surface area (Å²) >= 11 is 0. The number of hydrogen-bond acceptors (Lipinski definition) is 8. The van der Waals surface area contributed by atoms with E-state index < -0.39 is 6.41 Å². The molecule has 0 spiro atoms. The van der Waals surface area contributed by atoms with E-state index in [4.69, 9.17) is 4.74 Å². The van der Waals surface area contributed by atoms with E-state index in [9.17, 15) is 5.11 Å². The average Bonchev–Trinajstić information content (AvgIpc) is 2.83. The Bertz CT molecular complexity index is 900. The van der Waals surface area contributed by atoms with E-state index in [1.54, 1.807) is 11.1 Å². The molecule has 0 amide bonds. The monoisotopic (exact) mass is 454 g/mol. The van der Waals surface area contributed by atoms with Crippen molar-refractivity contribution < 1.29 is 9.84 Å². The summed E-state index contributed by atoms with van der Waals surface area (Å²) in [7, 11) is 0. The van der Waals surface area contributed by atoms with E-state index >= 15 is 0 Å². The van der Waals surface area contributed by atoms with Gasteiger partial charge in [0, 0.05) is 50.5 Å². The van der Waals surface area contributed by atoms with Gasteiger partial charge in [0.05, 0.1) is 12.6 Å². The van der Waals surface area contributed by atoms with Crippen molar-refractivity contribution in [2.24, 2.45) is 5.92 Å². The number of rotatable bonds is 8. The minimum Gasteiger partial charge on any atom is -0.351 e. The number of aliphatic hydroxyl groups is 1. The Labute approximate surface area is 197 Å². The van der Waals surface area contributed by atoms with Gasteiger partial charge in [-0.15, -0.1) is 0 Å². The summed E-state index contributed by atoms with van der Waals surface area (Å²) in [5.41, 5.74) is 3.47. The van der Waals surface area contributed by atoms with Crippen molar-refractivity contribution in [2.75, 3.05) is 42.9 Å². The molecule has 0 bridgehead atoms. The topological polar surface area (TPSA) is 85.8 Å². The number of nitrogens with one attached hydrogen (secondary N) is 2. The number of anilines is 2. The molecule has 1 saturated heterocycles. The lowest BCUT2D eigenvalue weighted by molar-refractivity contribution is -0.115. The molecule has 2 unspecified atom stereocenters. The second-order valence-corrected chi connectivity index (χ2v) is 9.43. The molecule has 33 heavy (non-hydrogen) atoms. The minimum atomic E-state index is -0.968. The van der Waals surface area contributed by atoms with Gasteiger partial charge in [0.1, 0.15) is 5.82 Å². The minimum absolute atomic E-state index is 0.0553. The van der Waals surface area contributed by atoms with Gasteiger partial charge in [0.2, 0.25) is 12.4 Å². The maximum absolute atomic E-state index is 10.1. The van der Waals surface area contributed by atoms with E-state index in [0.717, 1.165) is 37.6 Å². The van der Waals surface area contributed by atoms with Crippen LogP contribution in [0.15, 0.2) is 30.5 Å². The molecular formula is C25H38N6O2. The van der Waals surface area contributed by atoms with Crippen molar-refractivity contribution in [2.45, 2.75) is 59.2 Å². The molecule has 8 heteroatoms. The number of hydrogen-bond donors (Lipinski definition) is 3. The molecule has 1 aromatic carbocycles. The van der Waals surface area contributed by atoms with Gasteiger partial charge in [-0.1, -0.05) is 38.1 Å². The fraction of sp³-hybridized carbons (Fsp3) is 0.600. The highest BCUT2D eigenvalue weighted by Crippen LogP contribution is 2.30. The Morgan fingerprint density at radius 3 is 2.52 bits per heavy atom. The van der Waals surface area contributed by atoms with Crippen molar-refractivity contribution in [1.82, 2.24) is 20.2 Å². The Hall–Kier alpha value is -2.26. The van der Waals surface area contributed by atoms with Crippen molar-refractivity contribution in [3.05, 3.63) is 47.2 Å². The highest BCUT2D eigenvalue weighted by Gasteiger charge is 2.27. The quantitative estimate of drug-likeness (QED) is 0.560. The standard InChI is InChI=1S/C25H38N6O2/c1-5-31-23-21(16-33-25(31)32)15-27-24(29-23)28-18(4)19-6-8-20(9-7-19)22(14-17(2)3)30-12-10-26-11-13-30/h6-9,15,17-18,22,25-26,32H,5,10-14,16H2,1-4H3,(H,27,28,29)/t18-,22?,25?/m0/s1. The lowest BCUT2D eigenvalue weighted by Crippen LogP contribution is -2.45. The maximum atomic E-state index is 10.1. The lowest BCUT2D eigenvalue weighted by Gasteiger charge is -2.36. The molecule has 0 aliphatic carbocycles. The summed E-state index contributed by atoms with van der Waals surface area (Å²) in [6.45, 7) is 13.9. The number of aromatic nitrogens is 2. The van der Waals surface area contributed by atoms with Gasteiger partial charge < -0.3 is 25.4 Å². The Balaban J connectivity index is 1.47. The summed E-state index contributed by atoms with van der Waals surface area (Å²) < 4.78 is 5.37. The molecule has 1 aromatic heterocycles. The first-order chi connectivity index (χ1) is 16.0. The molecule has 2 aliphatic rings. The molecule has 0 radical (unpaired) electrons. The van der Waals surface area contributed by atoms with Gasteiger partial charge in [-0.2, -0.15) is 4.98 Å². The van der Waals surface area contributed by atoms with Crippen LogP contribution in [0.5, 0.6) is 0 Å². The lowest BCUT2D eigenvalue weighted by atomic mass is 9.93. The predicted octanol–water partition coefficient (Wildman–Crippen LogP) is 3.27. The normalized spacial score (nSPS) is 21.0. The van der Waals surface area contributed by atoms with Crippen LogP contribution >= 0.6 is 0 Å². The third kappa shape index (κ3) is 5.63. The summed E-state index contributed by atoms with van der Waals surface area (Å²) in [5, 5.41) is 17.0. The predicted molar refractivity (Wildman–Crippen MR) is 131 cm³/mol. The number of nitrogens with zero attached hydrogens (tertiary/aromatic N) is 4. The van der Waals surface area contributed by atoms with Gasteiger partial charge in [0.15, 0.2) is 0 Å². The fourth-order valence-electron chi connectivity index (χ4n) is 4.70. The van der Waals surface area contributed by atoms with Crippen LogP contribution in [0.3, 0.4) is 0 Å². The van der Waals surface area contributed by atoms with Crippen LogP contribution in [0.4, 0.5) is 11.8 Å². The van der Waals surface area contributed by atoms with E-state index in [2.05, 4.69) is 70.5 Å². The van der Waals surface area contributed by atoms with E-state index in [0.29, 0.717) is 31.1 Å². The van der Waals surface area contributed by atoms with Crippen LogP contribution < -0.4 is 15.5 Å². The molecule has 8 nitrogen and oxygen atoms in total. The smallest absolute Gasteiger partial charge is 0.239 e. The zero-order chi connectivity index (χ0) is 23.4. The van der Waals surface area contributed by atoms with Crippen LogP contribution in [0, 0.1) is 5.92 Å². The Morgan fingerprint density at radius 1 is 1.15 bits per heavy atom. The maximum Gasteiger partial charge on any atom is 0.239 e. The van der Waals surface area contributed by atoms with Gasteiger partial charge in [0.25, 0.3) is 0 Å². The number of aliphatic hydroxyl groups excluding tert-OH is 1. The van der Waals surface area contributed by atoms with Crippen molar-refractivity contribution in [3.63, 3.8) is 0 Å². The van der Waals surface area contributed by atoms with Crippen LogP contribution in [-0.2, 0) is 11.3 Å². The second-order valence-electron chi connectivity index (χ2n) is 9.43. The Kier molecular flexibility index (Phi) is 7.80. The molecule has 3 heterocycles. The van der Waals surface area contributed by atoms with Crippen molar-refractivity contribution >= 4 is 11.8 Å². The van der Waals surface area contributed by atoms with Crippen LogP contribution in [0.2, 0.25) is 0 Å². The van der Waals surface area contributed by atoms with Gasteiger partial charge in [-0.05, 0) is 37.3 Å². The number of fused-ring (bicyclic) bond motifs is 1. The van der Waals surface area contributed by atoms with Crippen LogP contribution in [-0.4, -0.2) is 59.1 Å². The summed E-state index contributed by atoms with van der Waals surface area (Å²) in [4.78, 5) is 13.5. The number of piperazine rings is 1. The SMILES string of the molecule is CCN1c2nc(N[C@@H](C)c3ccc(C(CC(C)C)N4CCNCC4)cc3)ncc2COC1O. The summed E-state index contributed by atoms with van der Waals surface area (Å²) in [6.07, 6.45) is 1.98. The number of ether oxygens (including phenoxy) is 1. The molecule has 180 valence electrons. The fourth-order valence-corrected chi connectivity index (χ4v) is 4.70. The first-order valence-corrected chi connectivity index (χ1v) is 12.2. The largest absolute Gasteiger partial charge is 0.351 e.